The highest BCUT2D eigenvalue weighted by Gasteiger charge is 2.12. The number of hydrogen-bond acceptors (Lipinski definition) is 3. The maximum atomic E-state index is 11.5. The van der Waals surface area contributed by atoms with E-state index in [0.717, 1.165) is 0 Å². The molecule has 0 aromatic carbocycles. The van der Waals surface area contributed by atoms with E-state index in [1.165, 1.54) is 17.9 Å². The Morgan fingerprint density at radius 3 is 2.44 bits per heavy atom. The van der Waals surface area contributed by atoms with E-state index < -0.39 is 0 Å². The number of amides is 1. The van der Waals surface area contributed by atoms with Crippen LogP contribution in [0.15, 0.2) is 0 Å². The zero-order valence-electron chi connectivity index (χ0n) is 11.2. The van der Waals surface area contributed by atoms with Crippen LogP contribution in [0.4, 0.5) is 0 Å². The van der Waals surface area contributed by atoms with Crippen molar-refractivity contribution in [2.75, 3.05) is 25.6 Å². The fourth-order valence-corrected chi connectivity index (χ4v) is 2.29. The van der Waals surface area contributed by atoms with E-state index in [0.29, 0.717) is 12.5 Å². The smallest absolute Gasteiger partial charge is 0.223 e. The van der Waals surface area contributed by atoms with Gasteiger partial charge in [0.25, 0.3) is 0 Å². The first-order valence-corrected chi connectivity index (χ1v) is 7.16. The molecule has 0 aliphatic carbocycles. The first-order chi connectivity index (χ1) is 7.47. The van der Waals surface area contributed by atoms with Crippen LogP contribution >= 0.6 is 11.8 Å². The number of thioether (sulfide) groups is 1. The molecule has 0 bridgehead atoms. The maximum Gasteiger partial charge on any atom is 0.223 e. The van der Waals surface area contributed by atoms with Gasteiger partial charge < -0.3 is 10.2 Å². The second kappa shape index (κ2) is 8.88. The molecule has 0 saturated carbocycles. The van der Waals surface area contributed by atoms with Crippen LogP contribution < -0.4 is 5.32 Å². The van der Waals surface area contributed by atoms with Gasteiger partial charge in [0.15, 0.2) is 0 Å². The Bertz CT molecular complexity index is 197. The Morgan fingerprint density at radius 1 is 1.31 bits per heavy atom. The summed E-state index contributed by atoms with van der Waals surface area (Å²) in [5.41, 5.74) is 0. The molecule has 0 aromatic rings. The van der Waals surface area contributed by atoms with Crippen LogP contribution in [0.2, 0.25) is 0 Å². The number of nitrogens with one attached hydrogen (secondary N) is 1. The van der Waals surface area contributed by atoms with E-state index in [9.17, 15) is 4.79 Å². The van der Waals surface area contributed by atoms with Crippen LogP contribution in [-0.4, -0.2) is 48.5 Å². The number of carbonyl (C=O) groups excluding carboxylic acids is 1. The van der Waals surface area contributed by atoms with Crippen molar-refractivity contribution in [2.45, 2.75) is 45.7 Å². The third-order valence-corrected chi connectivity index (χ3v) is 3.38. The van der Waals surface area contributed by atoms with Crippen molar-refractivity contribution in [3.63, 3.8) is 0 Å². The fraction of sp³-hybridized carbons (Fsp3) is 0.917. The van der Waals surface area contributed by atoms with Gasteiger partial charge in [-0.2, -0.15) is 11.8 Å². The van der Waals surface area contributed by atoms with E-state index in [-0.39, 0.29) is 11.9 Å². The molecule has 96 valence electrons. The summed E-state index contributed by atoms with van der Waals surface area (Å²) in [5.74, 6) is 2.57. The molecular weight excluding hydrogens is 220 g/mol. The summed E-state index contributed by atoms with van der Waals surface area (Å²) in [6.07, 6.45) is 1.75. The number of rotatable bonds is 8. The van der Waals surface area contributed by atoms with Gasteiger partial charge in [-0.3, -0.25) is 4.79 Å². The van der Waals surface area contributed by atoms with Gasteiger partial charge in [0, 0.05) is 32.6 Å². The van der Waals surface area contributed by atoms with Crippen molar-refractivity contribution >= 4 is 17.7 Å². The summed E-state index contributed by atoms with van der Waals surface area (Å²) < 4.78 is 0. The average molecular weight is 246 g/mol. The highest BCUT2D eigenvalue weighted by Crippen LogP contribution is 2.05. The van der Waals surface area contributed by atoms with Gasteiger partial charge in [-0.15, -0.1) is 0 Å². The second-order valence-electron chi connectivity index (χ2n) is 4.45. The molecule has 0 aromatic heterocycles. The molecule has 1 amide bonds. The molecule has 3 nitrogen and oxygen atoms in total. The molecule has 2 unspecified atom stereocenters. The van der Waals surface area contributed by atoms with Gasteiger partial charge in [0.2, 0.25) is 5.91 Å². The van der Waals surface area contributed by atoms with Crippen molar-refractivity contribution in [3.05, 3.63) is 0 Å². The van der Waals surface area contributed by atoms with Gasteiger partial charge in [-0.05, 0) is 31.8 Å². The average Bonchev–Trinajstić information content (AvgIpc) is 2.17. The standard InChI is InChI=1S/C12H26N2OS/c1-6-16-8-7-10(2)13-11(3)9-12(15)14(4)5/h10-11,13H,6-9H2,1-5H3. The molecule has 2 atom stereocenters. The van der Waals surface area contributed by atoms with E-state index in [1.54, 1.807) is 19.0 Å². The van der Waals surface area contributed by atoms with Gasteiger partial charge in [-0.25, -0.2) is 0 Å². The Labute approximate surface area is 104 Å². The first kappa shape index (κ1) is 15.8. The molecule has 0 fully saturated rings. The van der Waals surface area contributed by atoms with Crippen LogP contribution in [0.1, 0.15) is 33.6 Å². The van der Waals surface area contributed by atoms with Crippen molar-refractivity contribution in [2.24, 2.45) is 0 Å². The van der Waals surface area contributed by atoms with E-state index >= 15 is 0 Å². The van der Waals surface area contributed by atoms with Crippen molar-refractivity contribution < 1.29 is 4.79 Å². The SMILES string of the molecule is CCSCCC(C)NC(C)CC(=O)N(C)C. The van der Waals surface area contributed by atoms with Crippen molar-refractivity contribution in [3.8, 4) is 0 Å². The maximum absolute atomic E-state index is 11.5. The van der Waals surface area contributed by atoms with Gasteiger partial charge in [0.05, 0.1) is 0 Å². The van der Waals surface area contributed by atoms with E-state index in [1.807, 2.05) is 11.8 Å². The lowest BCUT2D eigenvalue weighted by molar-refractivity contribution is -0.129. The Kier molecular flexibility index (Phi) is 8.76. The molecular formula is C12H26N2OS. The highest BCUT2D eigenvalue weighted by molar-refractivity contribution is 7.99. The zero-order chi connectivity index (χ0) is 12.6. The Balaban J connectivity index is 3.69. The summed E-state index contributed by atoms with van der Waals surface area (Å²) in [5, 5.41) is 3.46. The molecule has 0 aliphatic heterocycles. The van der Waals surface area contributed by atoms with Gasteiger partial charge in [0.1, 0.15) is 0 Å². The molecule has 0 saturated heterocycles. The van der Waals surface area contributed by atoms with Crippen LogP contribution in [0.25, 0.3) is 0 Å². The molecule has 4 heteroatoms. The minimum atomic E-state index is 0.190. The predicted molar refractivity (Wildman–Crippen MR) is 73.0 cm³/mol. The second-order valence-corrected chi connectivity index (χ2v) is 5.84. The lowest BCUT2D eigenvalue weighted by Gasteiger charge is -2.21. The summed E-state index contributed by atoms with van der Waals surface area (Å²) in [7, 11) is 3.60. The molecule has 0 rings (SSSR count). The van der Waals surface area contributed by atoms with E-state index in [2.05, 4.69) is 26.1 Å². The van der Waals surface area contributed by atoms with E-state index in [4.69, 9.17) is 0 Å². The molecule has 0 heterocycles. The Hall–Kier alpha value is -0.220. The molecule has 0 radical (unpaired) electrons. The summed E-state index contributed by atoms with van der Waals surface area (Å²) in [4.78, 5) is 13.1. The molecule has 0 spiro atoms. The van der Waals surface area contributed by atoms with Crippen LogP contribution in [-0.2, 0) is 4.79 Å². The minimum Gasteiger partial charge on any atom is -0.349 e. The van der Waals surface area contributed by atoms with Crippen LogP contribution in [0.5, 0.6) is 0 Å². The lowest BCUT2D eigenvalue weighted by atomic mass is 10.1. The van der Waals surface area contributed by atoms with Crippen molar-refractivity contribution in [1.82, 2.24) is 10.2 Å². The summed E-state index contributed by atoms with van der Waals surface area (Å²) in [6.45, 7) is 6.44. The number of nitrogens with zero attached hydrogens (tertiary/aromatic N) is 1. The summed E-state index contributed by atoms with van der Waals surface area (Å²) in [6, 6.07) is 0.750. The third kappa shape index (κ3) is 7.99. The summed E-state index contributed by atoms with van der Waals surface area (Å²) >= 11 is 1.97. The highest BCUT2D eigenvalue weighted by atomic mass is 32.2. The molecule has 0 aliphatic rings. The topological polar surface area (TPSA) is 32.3 Å². The van der Waals surface area contributed by atoms with Crippen LogP contribution in [0.3, 0.4) is 0 Å². The third-order valence-electron chi connectivity index (χ3n) is 2.45. The van der Waals surface area contributed by atoms with Gasteiger partial charge in [-0.1, -0.05) is 6.92 Å². The zero-order valence-corrected chi connectivity index (χ0v) is 12.1. The molecule has 1 N–H and O–H groups in total. The normalized spacial score (nSPS) is 14.6. The monoisotopic (exact) mass is 246 g/mol. The Morgan fingerprint density at radius 2 is 1.94 bits per heavy atom. The minimum absolute atomic E-state index is 0.190. The predicted octanol–water partition coefficient (Wildman–Crippen LogP) is 1.97. The lowest BCUT2D eigenvalue weighted by Crippen LogP contribution is -2.38. The van der Waals surface area contributed by atoms with Gasteiger partial charge >= 0.3 is 0 Å². The van der Waals surface area contributed by atoms with Crippen molar-refractivity contribution in [1.29, 1.82) is 0 Å². The fourth-order valence-electron chi connectivity index (χ4n) is 1.48. The quantitative estimate of drug-likeness (QED) is 0.665. The molecule has 16 heavy (non-hydrogen) atoms. The largest absolute Gasteiger partial charge is 0.349 e. The van der Waals surface area contributed by atoms with Crippen LogP contribution in [0, 0.1) is 0 Å². The number of carbonyl (C=O) groups is 1. The first-order valence-electron chi connectivity index (χ1n) is 6.01. The number of hydrogen-bond donors (Lipinski definition) is 1.